The van der Waals surface area contributed by atoms with E-state index < -0.39 is 0 Å². The van der Waals surface area contributed by atoms with E-state index in [1.54, 1.807) is 7.11 Å². The summed E-state index contributed by atoms with van der Waals surface area (Å²) in [6, 6.07) is 0. The van der Waals surface area contributed by atoms with Crippen LogP contribution in [0.1, 0.15) is 48.2 Å². The van der Waals surface area contributed by atoms with Crippen molar-refractivity contribution in [2.75, 3.05) is 26.7 Å². The molecule has 0 amide bonds. The average molecular weight is 297 g/mol. The highest BCUT2D eigenvalue weighted by atomic mass is 32.1. The molecule has 0 spiro atoms. The molecule has 2 rings (SSSR count). The van der Waals surface area contributed by atoms with E-state index in [2.05, 4.69) is 17.1 Å². The second-order valence-corrected chi connectivity index (χ2v) is 6.59. The van der Waals surface area contributed by atoms with Crippen LogP contribution in [0.3, 0.4) is 0 Å². The third-order valence-electron chi connectivity index (χ3n) is 3.65. The summed E-state index contributed by atoms with van der Waals surface area (Å²) in [5.41, 5.74) is 1.12. The minimum Gasteiger partial charge on any atom is -0.378 e. The summed E-state index contributed by atoms with van der Waals surface area (Å²) in [5, 5.41) is 4.75. The molecule has 0 atom stereocenters. The molecule has 1 aliphatic heterocycles. The lowest BCUT2D eigenvalue weighted by molar-refractivity contribution is 0.181. The second-order valence-electron chi connectivity index (χ2n) is 5.42. The van der Waals surface area contributed by atoms with Crippen LogP contribution in [0.2, 0.25) is 0 Å². The van der Waals surface area contributed by atoms with Gasteiger partial charge in [0.15, 0.2) is 0 Å². The standard InChI is InChI=1S/C15H27N3OS/c1-3-4-7-16-10-14-13(12-19-2)17-15(20-14)11-18-8-5-6-9-18/h16H,3-12H2,1-2H3. The molecule has 1 aromatic rings. The van der Waals surface area contributed by atoms with E-state index in [1.165, 1.54) is 48.7 Å². The molecule has 2 heterocycles. The first-order valence-corrected chi connectivity index (χ1v) is 8.54. The summed E-state index contributed by atoms with van der Waals surface area (Å²) in [6.45, 7) is 8.32. The van der Waals surface area contributed by atoms with Gasteiger partial charge < -0.3 is 10.1 Å². The number of likely N-dealkylation sites (tertiary alicyclic amines) is 1. The number of nitrogens with one attached hydrogen (secondary N) is 1. The van der Waals surface area contributed by atoms with Crippen molar-refractivity contribution < 1.29 is 4.74 Å². The fraction of sp³-hybridized carbons (Fsp3) is 0.800. The summed E-state index contributed by atoms with van der Waals surface area (Å²) >= 11 is 1.85. The van der Waals surface area contributed by atoms with Crippen molar-refractivity contribution in [3.05, 3.63) is 15.6 Å². The number of unbranched alkanes of at least 4 members (excludes halogenated alkanes) is 1. The lowest BCUT2D eigenvalue weighted by Gasteiger charge is -2.11. The number of nitrogens with zero attached hydrogens (tertiary/aromatic N) is 2. The Kier molecular flexibility index (Phi) is 6.93. The molecule has 0 aromatic carbocycles. The Hall–Kier alpha value is -0.490. The molecule has 4 nitrogen and oxygen atoms in total. The van der Waals surface area contributed by atoms with Gasteiger partial charge in [-0.2, -0.15) is 0 Å². The molecule has 0 radical (unpaired) electrons. The maximum atomic E-state index is 5.28. The molecular weight excluding hydrogens is 270 g/mol. The van der Waals surface area contributed by atoms with E-state index in [0.29, 0.717) is 6.61 Å². The molecule has 1 N–H and O–H groups in total. The molecular formula is C15H27N3OS. The summed E-state index contributed by atoms with van der Waals surface area (Å²) in [4.78, 5) is 8.62. The highest BCUT2D eigenvalue weighted by Crippen LogP contribution is 2.22. The van der Waals surface area contributed by atoms with Crippen LogP contribution in [0, 0.1) is 0 Å². The van der Waals surface area contributed by atoms with Crippen molar-refractivity contribution >= 4 is 11.3 Å². The van der Waals surface area contributed by atoms with Crippen LogP contribution in [-0.4, -0.2) is 36.6 Å². The smallest absolute Gasteiger partial charge is 0.107 e. The van der Waals surface area contributed by atoms with Gasteiger partial charge in [-0.1, -0.05) is 13.3 Å². The molecule has 0 bridgehead atoms. The fourth-order valence-electron chi connectivity index (χ4n) is 2.53. The van der Waals surface area contributed by atoms with Gasteiger partial charge in [0.2, 0.25) is 0 Å². The zero-order valence-electron chi connectivity index (χ0n) is 12.8. The molecule has 20 heavy (non-hydrogen) atoms. The van der Waals surface area contributed by atoms with Crippen LogP contribution in [0.5, 0.6) is 0 Å². The Morgan fingerprint density at radius 1 is 1.35 bits per heavy atom. The molecule has 5 heteroatoms. The van der Waals surface area contributed by atoms with Crippen LogP contribution in [-0.2, 0) is 24.4 Å². The first kappa shape index (κ1) is 15.9. The number of rotatable bonds is 9. The highest BCUT2D eigenvalue weighted by Gasteiger charge is 2.16. The van der Waals surface area contributed by atoms with Gasteiger partial charge in [-0.15, -0.1) is 11.3 Å². The zero-order valence-corrected chi connectivity index (χ0v) is 13.6. The van der Waals surface area contributed by atoms with Gasteiger partial charge in [0.25, 0.3) is 0 Å². The number of aromatic nitrogens is 1. The van der Waals surface area contributed by atoms with Crippen LogP contribution in [0.25, 0.3) is 0 Å². The van der Waals surface area contributed by atoms with Crippen molar-refractivity contribution in [2.45, 2.75) is 52.3 Å². The summed E-state index contributed by atoms with van der Waals surface area (Å²) in [5.74, 6) is 0. The van der Waals surface area contributed by atoms with Crippen LogP contribution >= 0.6 is 11.3 Å². The summed E-state index contributed by atoms with van der Waals surface area (Å²) in [7, 11) is 1.74. The summed E-state index contributed by atoms with van der Waals surface area (Å²) in [6.07, 6.45) is 5.14. The molecule has 1 fully saturated rings. The number of hydrogen-bond donors (Lipinski definition) is 1. The molecule has 1 saturated heterocycles. The van der Waals surface area contributed by atoms with Gasteiger partial charge in [0, 0.05) is 18.5 Å². The van der Waals surface area contributed by atoms with E-state index in [4.69, 9.17) is 9.72 Å². The Labute approximate surface area is 126 Å². The van der Waals surface area contributed by atoms with Crippen LogP contribution in [0.4, 0.5) is 0 Å². The first-order valence-electron chi connectivity index (χ1n) is 7.73. The molecule has 114 valence electrons. The Bertz CT molecular complexity index is 388. The third kappa shape index (κ3) is 4.81. The lowest BCUT2D eigenvalue weighted by atomic mass is 10.3. The van der Waals surface area contributed by atoms with Gasteiger partial charge >= 0.3 is 0 Å². The number of ether oxygens (including phenoxy) is 1. The number of methoxy groups -OCH3 is 1. The van der Waals surface area contributed by atoms with E-state index in [1.807, 2.05) is 11.3 Å². The van der Waals surface area contributed by atoms with Crippen LogP contribution in [0.15, 0.2) is 0 Å². The molecule has 0 saturated carbocycles. The Balaban J connectivity index is 1.91. The largest absolute Gasteiger partial charge is 0.378 e. The van der Waals surface area contributed by atoms with Crippen molar-refractivity contribution in [3.63, 3.8) is 0 Å². The molecule has 0 unspecified atom stereocenters. The molecule has 1 aromatic heterocycles. The quantitative estimate of drug-likeness (QED) is 0.711. The fourth-order valence-corrected chi connectivity index (χ4v) is 3.61. The predicted molar refractivity (Wildman–Crippen MR) is 84.0 cm³/mol. The monoisotopic (exact) mass is 297 g/mol. The van der Waals surface area contributed by atoms with Crippen molar-refractivity contribution in [1.29, 1.82) is 0 Å². The SMILES string of the molecule is CCCCNCc1sc(CN2CCCC2)nc1COC. The van der Waals surface area contributed by atoms with Crippen molar-refractivity contribution in [3.8, 4) is 0 Å². The van der Waals surface area contributed by atoms with E-state index >= 15 is 0 Å². The second kappa shape index (κ2) is 8.72. The van der Waals surface area contributed by atoms with Crippen molar-refractivity contribution in [1.82, 2.24) is 15.2 Å². The van der Waals surface area contributed by atoms with Gasteiger partial charge in [-0.3, -0.25) is 4.90 Å². The molecule has 1 aliphatic rings. The Morgan fingerprint density at radius 3 is 2.85 bits per heavy atom. The maximum Gasteiger partial charge on any atom is 0.107 e. The van der Waals surface area contributed by atoms with Crippen LogP contribution < -0.4 is 5.32 Å². The lowest BCUT2D eigenvalue weighted by Crippen LogP contribution is -2.18. The average Bonchev–Trinajstić information content (AvgIpc) is 3.06. The summed E-state index contributed by atoms with van der Waals surface area (Å²) < 4.78 is 5.28. The maximum absolute atomic E-state index is 5.28. The van der Waals surface area contributed by atoms with Gasteiger partial charge in [0.05, 0.1) is 18.8 Å². The zero-order chi connectivity index (χ0) is 14.2. The highest BCUT2D eigenvalue weighted by molar-refractivity contribution is 7.11. The van der Waals surface area contributed by atoms with E-state index in [-0.39, 0.29) is 0 Å². The first-order chi connectivity index (χ1) is 9.83. The molecule has 0 aliphatic carbocycles. The van der Waals surface area contributed by atoms with Crippen molar-refractivity contribution in [2.24, 2.45) is 0 Å². The van der Waals surface area contributed by atoms with E-state index in [9.17, 15) is 0 Å². The third-order valence-corrected chi connectivity index (χ3v) is 4.74. The van der Waals surface area contributed by atoms with Gasteiger partial charge in [0.1, 0.15) is 5.01 Å². The predicted octanol–water partition coefficient (Wildman–Crippen LogP) is 2.78. The Morgan fingerprint density at radius 2 is 2.15 bits per heavy atom. The normalized spacial score (nSPS) is 16.1. The van der Waals surface area contributed by atoms with E-state index in [0.717, 1.165) is 25.3 Å². The number of thiazole rings is 1. The number of hydrogen-bond acceptors (Lipinski definition) is 5. The minimum absolute atomic E-state index is 0.626. The minimum atomic E-state index is 0.626. The van der Waals surface area contributed by atoms with Gasteiger partial charge in [-0.05, 0) is 38.9 Å². The van der Waals surface area contributed by atoms with Gasteiger partial charge in [-0.25, -0.2) is 4.98 Å². The topological polar surface area (TPSA) is 37.4 Å².